The summed E-state index contributed by atoms with van der Waals surface area (Å²) in [6.45, 7) is 2.06. The molecule has 0 amide bonds. The number of carbonyl (C=O) groups is 1. The van der Waals surface area contributed by atoms with Gasteiger partial charge in [0.25, 0.3) is 5.56 Å². The third-order valence-corrected chi connectivity index (χ3v) is 5.19. The molecular weight excluding hydrogens is 390 g/mol. The third-order valence-electron chi connectivity index (χ3n) is 5.19. The lowest BCUT2D eigenvalue weighted by atomic mass is 10.0. The summed E-state index contributed by atoms with van der Waals surface area (Å²) >= 11 is 0. The normalized spacial score (nSPS) is 10.9. The van der Waals surface area contributed by atoms with Crippen molar-refractivity contribution in [1.82, 2.24) is 14.3 Å². The molecule has 0 unspecified atom stereocenters. The molecule has 4 rings (SSSR count). The van der Waals surface area contributed by atoms with Gasteiger partial charge >= 0.3 is 5.97 Å². The van der Waals surface area contributed by atoms with Crippen LogP contribution in [0.5, 0.6) is 0 Å². The zero-order valence-electron chi connectivity index (χ0n) is 17.2. The summed E-state index contributed by atoms with van der Waals surface area (Å²) in [5.41, 5.74) is 2.73. The summed E-state index contributed by atoms with van der Waals surface area (Å²) < 4.78 is 3.40. The molecule has 6 nitrogen and oxygen atoms in total. The number of hydrogen-bond acceptors (Lipinski definition) is 3. The van der Waals surface area contributed by atoms with Crippen LogP contribution in [-0.2, 0) is 6.42 Å². The van der Waals surface area contributed by atoms with Crippen LogP contribution >= 0.6 is 0 Å². The van der Waals surface area contributed by atoms with Crippen LogP contribution in [0.15, 0.2) is 83.8 Å². The predicted molar refractivity (Wildman–Crippen MR) is 120 cm³/mol. The molecule has 0 fully saturated rings. The van der Waals surface area contributed by atoms with Crippen LogP contribution in [0.1, 0.15) is 35.7 Å². The third kappa shape index (κ3) is 3.80. The Balaban J connectivity index is 2.15. The number of aromatic nitrogens is 3. The molecule has 0 saturated heterocycles. The molecule has 0 aliphatic carbocycles. The molecule has 31 heavy (non-hydrogen) atoms. The number of nitrogens with zero attached hydrogens (tertiary/aromatic N) is 3. The van der Waals surface area contributed by atoms with Crippen LogP contribution in [0.25, 0.3) is 22.8 Å². The first kappa shape index (κ1) is 20.3. The van der Waals surface area contributed by atoms with Gasteiger partial charge in [0.15, 0.2) is 0 Å². The lowest BCUT2D eigenvalue weighted by Gasteiger charge is -2.16. The number of para-hydroxylation sites is 2. The van der Waals surface area contributed by atoms with Gasteiger partial charge < -0.3 is 5.11 Å². The number of unbranched alkanes of at least 4 members (excludes halogenated alkanes) is 1. The van der Waals surface area contributed by atoms with E-state index in [9.17, 15) is 14.7 Å². The van der Waals surface area contributed by atoms with Crippen molar-refractivity contribution < 1.29 is 9.90 Å². The second-order valence-corrected chi connectivity index (χ2v) is 7.24. The number of carboxylic acid groups (broad SMARTS) is 1. The Morgan fingerprint density at radius 1 is 0.903 bits per heavy atom. The van der Waals surface area contributed by atoms with Crippen molar-refractivity contribution >= 4 is 5.97 Å². The standard InChI is InChI=1S/C25H23N3O3/c1-2-3-15-21-23(22-20(25(30)31)16-10-17-26-22)27(18-11-6-4-7-12-18)28(24(21)29)19-13-8-5-9-14-19/h4-14,16-17H,2-3,15H2,1H3,(H,30,31). The Morgan fingerprint density at radius 3 is 2.10 bits per heavy atom. The van der Waals surface area contributed by atoms with Crippen molar-refractivity contribution in [2.24, 2.45) is 0 Å². The minimum absolute atomic E-state index is 0.0649. The van der Waals surface area contributed by atoms with Gasteiger partial charge in [0.05, 0.1) is 22.6 Å². The van der Waals surface area contributed by atoms with Crippen LogP contribution < -0.4 is 5.56 Å². The van der Waals surface area contributed by atoms with Crippen molar-refractivity contribution in [3.8, 4) is 22.8 Å². The highest BCUT2D eigenvalue weighted by atomic mass is 16.4. The van der Waals surface area contributed by atoms with E-state index in [2.05, 4.69) is 11.9 Å². The molecule has 0 saturated carbocycles. The Kier molecular flexibility index (Phi) is 5.80. The number of rotatable bonds is 7. The van der Waals surface area contributed by atoms with Gasteiger partial charge in [0.2, 0.25) is 0 Å². The van der Waals surface area contributed by atoms with E-state index in [-0.39, 0.29) is 16.8 Å². The first-order valence-electron chi connectivity index (χ1n) is 10.3. The monoisotopic (exact) mass is 413 g/mol. The van der Waals surface area contributed by atoms with Gasteiger partial charge in [-0.05, 0) is 49.2 Å². The molecule has 6 heteroatoms. The number of carboxylic acids is 1. The van der Waals surface area contributed by atoms with Crippen LogP contribution in [-0.4, -0.2) is 25.4 Å². The highest BCUT2D eigenvalue weighted by molar-refractivity contribution is 5.94. The van der Waals surface area contributed by atoms with Gasteiger partial charge in [-0.1, -0.05) is 49.7 Å². The second-order valence-electron chi connectivity index (χ2n) is 7.24. The van der Waals surface area contributed by atoms with E-state index < -0.39 is 5.97 Å². The summed E-state index contributed by atoms with van der Waals surface area (Å²) in [7, 11) is 0. The van der Waals surface area contributed by atoms with E-state index in [0.29, 0.717) is 23.4 Å². The van der Waals surface area contributed by atoms with E-state index in [1.807, 2.05) is 60.7 Å². The Bertz CT molecular complexity index is 1260. The fraction of sp³-hybridized carbons (Fsp3) is 0.160. The lowest BCUT2D eigenvalue weighted by Crippen LogP contribution is -2.21. The molecule has 0 bridgehead atoms. The van der Waals surface area contributed by atoms with Gasteiger partial charge in [-0.3, -0.25) is 9.78 Å². The number of pyridine rings is 1. The fourth-order valence-corrected chi connectivity index (χ4v) is 3.75. The molecule has 2 heterocycles. The summed E-state index contributed by atoms with van der Waals surface area (Å²) in [4.78, 5) is 30.1. The van der Waals surface area contributed by atoms with E-state index in [1.165, 1.54) is 6.07 Å². The maximum atomic E-state index is 13.7. The van der Waals surface area contributed by atoms with Crippen molar-refractivity contribution in [2.45, 2.75) is 26.2 Å². The maximum Gasteiger partial charge on any atom is 0.337 e. The molecule has 1 N–H and O–H groups in total. The average Bonchev–Trinajstić information content (AvgIpc) is 3.10. The molecular formula is C25H23N3O3. The molecule has 0 atom stereocenters. The molecule has 4 aromatic rings. The molecule has 156 valence electrons. The van der Waals surface area contributed by atoms with Crippen LogP contribution in [0.4, 0.5) is 0 Å². The Hall–Kier alpha value is -3.93. The topological polar surface area (TPSA) is 77.1 Å². The summed E-state index contributed by atoms with van der Waals surface area (Å²) in [5, 5.41) is 9.81. The average molecular weight is 413 g/mol. The molecule has 0 radical (unpaired) electrons. The smallest absolute Gasteiger partial charge is 0.337 e. The molecule has 2 aromatic heterocycles. The highest BCUT2D eigenvalue weighted by Crippen LogP contribution is 2.29. The fourth-order valence-electron chi connectivity index (χ4n) is 3.75. The highest BCUT2D eigenvalue weighted by Gasteiger charge is 2.27. The van der Waals surface area contributed by atoms with Crippen LogP contribution in [0.2, 0.25) is 0 Å². The SMILES string of the molecule is CCCCc1c(-c2ncccc2C(=O)O)n(-c2ccccc2)n(-c2ccccc2)c1=O. The number of benzene rings is 2. The Labute approximate surface area is 180 Å². The molecule has 0 aliphatic heterocycles. The minimum atomic E-state index is -1.08. The predicted octanol–water partition coefficient (Wildman–Crippen LogP) is 4.73. The van der Waals surface area contributed by atoms with Gasteiger partial charge in [-0.25, -0.2) is 14.2 Å². The van der Waals surface area contributed by atoms with Gasteiger partial charge in [0, 0.05) is 11.8 Å². The van der Waals surface area contributed by atoms with E-state index >= 15 is 0 Å². The van der Waals surface area contributed by atoms with Gasteiger partial charge in [0.1, 0.15) is 5.69 Å². The first-order chi connectivity index (χ1) is 15.1. The van der Waals surface area contributed by atoms with Crippen LogP contribution in [0, 0.1) is 0 Å². The van der Waals surface area contributed by atoms with Crippen molar-refractivity contribution in [1.29, 1.82) is 0 Å². The van der Waals surface area contributed by atoms with E-state index in [4.69, 9.17) is 0 Å². The quantitative estimate of drug-likeness (QED) is 0.475. The van der Waals surface area contributed by atoms with Crippen molar-refractivity contribution in [3.05, 3.63) is 100 Å². The van der Waals surface area contributed by atoms with E-state index in [0.717, 1.165) is 18.5 Å². The van der Waals surface area contributed by atoms with Crippen molar-refractivity contribution in [2.75, 3.05) is 0 Å². The summed E-state index contributed by atoms with van der Waals surface area (Å²) in [6, 6.07) is 22.0. The zero-order valence-corrected chi connectivity index (χ0v) is 17.2. The van der Waals surface area contributed by atoms with Crippen molar-refractivity contribution in [3.63, 3.8) is 0 Å². The molecule has 2 aromatic carbocycles. The second kappa shape index (κ2) is 8.83. The van der Waals surface area contributed by atoms with Crippen LogP contribution in [0.3, 0.4) is 0 Å². The lowest BCUT2D eigenvalue weighted by molar-refractivity contribution is 0.0697. The molecule has 0 spiro atoms. The summed E-state index contributed by atoms with van der Waals surface area (Å²) in [6.07, 6.45) is 3.82. The largest absolute Gasteiger partial charge is 0.478 e. The number of hydrogen-bond donors (Lipinski definition) is 1. The number of aromatic carboxylic acids is 1. The zero-order chi connectivity index (χ0) is 21.8. The Morgan fingerprint density at radius 2 is 1.52 bits per heavy atom. The maximum absolute atomic E-state index is 13.7. The van der Waals surface area contributed by atoms with Gasteiger partial charge in [-0.2, -0.15) is 0 Å². The first-order valence-corrected chi connectivity index (χ1v) is 10.3. The van der Waals surface area contributed by atoms with E-state index in [1.54, 1.807) is 21.6 Å². The summed E-state index contributed by atoms with van der Waals surface area (Å²) in [5.74, 6) is -1.08. The molecule has 0 aliphatic rings. The minimum Gasteiger partial charge on any atom is -0.478 e. The van der Waals surface area contributed by atoms with Gasteiger partial charge in [-0.15, -0.1) is 0 Å².